The first-order valence-corrected chi connectivity index (χ1v) is 11.9. The van der Waals surface area contributed by atoms with Gasteiger partial charge in [-0.1, -0.05) is 35.2 Å². The lowest BCUT2D eigenvalue weighted by molar-refractivity contribution is -0.129. The Morgan fingerprint density at radius 3 is 2.86 bits per heavy atom. The predicted molar refractivity (Wildman–Crippen MR) is 119 cm³/mol. The molecule has 10 heteroatoms. The maximum atomic E-state index is 12.7. The summed E-state index contributed by atoms with van der Waals surface area (Å²) in [7, 11) is 0. The summed E-state index contributed by atoms with van der Waals surface area (Å²) in [4.78, 5) is 36.5. The summed E-state index contributed by atoms with van der Waals surface area (Å²) in [6.07, 6.45) is 0.705. The van der Waals surface area contributed by atoms with Crippen molar-refractivity contribution in [3.05, 3.63) is 34.8 Å². The molecule has 0 unspecified atom stereocenters. The van der Waals surface area contributed by atoms with Crippen LogP contribution in [0.5, 0.6) is 0 Å². The number of carbonyl (C=O) groups is 2. The molecule has 0 saturated carbocycles. The molecule has 0 bridgehead atoms. The zero-order chi connectivity index (χ0) is 20.4. The van der Waals surface area contributed by atoms with E-state index in [4.69, 9.17) is 0 Å². The Balaban J connectivity index is 1.34. The van der Waals surface area contributed by atoms with Crippen LogP contribution in [0.2, 0.25) is 0 Å². The van der Waals surface area contributed by atoms with E-state index in [0.717, 1.165) is 25.1 Å². The van der Waals surface area contributed by atoms with E-state index in [1.54, 1.807) is 11.3 Å². The number of rotatable bonds is 5. The Labute approximate surface area is 180 Å². The largest absolute Gasteiger partial charge is 0.336 e. The van der Waals surface area contributed by atoms with Crippen LogP contribution in [0, 0.1) is 0 Å². The van der Waals surface area contributed by atoms with Gasteiger partial charge in [0.1, 0.15) is 0 Å². The quantitative estimate of drug-likeness (QED) is 0.578. The molecular formula is C19H21N5O2S3. The number of aromatic nitrogens is 2. The molecule has 3 amide bonds. The second-order valence-corrected chi connectivity index (χ2v) is 10.3. The molecule has 0 spiro atoms. The van der Waals surface area contributed by atoms with E-state index in [-0.39, 0.29) is 18.0 Å². The highest BCUT2D eigenvalue weighted by molar-refractivity contribution is 8.01. The molecule has 0 saturated heterocycles. The number of para-hydroxylation sites is 1. The Bertz CT molecular complexity index is 1010. The molecule has 0 aliphatic carbocycles. The van der Waals surface area contributed by atoms with Crippen LogP contribution in [0.1, 0.15) is 24.4 Å². The summed E-state index contributed by atoms with van der Waals surface area (Å²) in [5.41, 5.74) is 1.94. The number of nitrogens with zero attached hydrogens (tertiary/aromatic N) is 3. The summed E-state index contributed by atoms with van der Waals surface area (Å²) in [5, 5.41) is 6.14. The van der Waals surface area contributed by atoms with Crippen molar-refractivity contribution in [2.75, 3.05) is 17.6 Å². The molecule has 1 aromatic carbocycles. The molecule has 3 aromatic rings. The number of benzene rings is 1. The Morgan fingerprint density at radius 2 is 2.07 bits per heavy atom. The summed E-state index contributed by atoms with van der Waals surface area (Å²) >= 11 is 4.54. The SMILES string of the molecule is CC(C)NC(=O)Nc1nc2c(s1)CN(C(=O)CSc1nc3ccccc3s1)CC2. The predicted octanol–water partition coefficient (Wildman–Crippen LogP) is 3.96. The summed E-state index contributed by atoms with van der Waals surface area (Å²) in [5.74, 6) is 0.468. The van der Waals surface area contributed by atoms with E-state index in [9.17, 15) is 9.59 Å². The van der Waals surface area contributed by atoms with Gasteiger partial charge in [-0.15, -0.1) is 11.3 Å². The van der Waals surface area contributed by atoms with Crippen LogP contribution in [-0.2, 0) is 17.8 Å². The average molecular weight is 448 g/mol. The van der Waals surface area contributed by atoms with E-state index in [1.165, 1.54) is 23.1 Å². The molecule has 0 fully saturated rings. The van der Waals surface area contributed by atoms with Crippen molar-refractivity contribution in [3.8, 4) is 0 Å². The van der Waals surface area contributed by atoms with Crippen molar-refractivity contribution >= 4 is 61.7 Å². The minimum absolute atomic E-state index is 0.0608. The molecule has 3 heterocycles. The van der Waals surface area contributed by atoms with Gasteiger partial charge < -0.3 is 10.2 Å². The zero-order valence-corrected chi connectivity index (χ0v) is 18.5. The van der Waals surface area contributed by atoms with E-state index in [0.29, 0.717) is 30.4 Å². The second-order valence-electron chi connectivity index (χ2n) is 6.94. The molecule has 0 radical (unpaired) electrons. The van der Waals surface area contributed by atoms with Crippen LogP contribution in [0.25, 0.3) is 10.2 Å². The number of urea groups is 1. The standard InChI is InChI=1S/C19H21N5O2S3/c1-11(2)20-17(26)23-18-21-13-7-8-24(9-15(13)28-18)16(25)10-27-19-22-12-5-3-4-6-14(12)29-19/h3-6,11H,7-10H2,1-2H3,(H2,20,21,23,26). The van der Waals surface area contributed by atoms with E-state index in [1.807, 2.05) is 43.0 Å². The second kappa shape index (κ2) is 8.68. The molecule has 152 valence electrons. The lowest BCUT2D eigenvalue weighted by Gasteiger charge is -2.25. The molecule has 1 aliphatic rings. The van der Waals surface area contributed by atoms with Crippen LogP contribution in [0.15, 0.2) is 28.6 Å². The van der Waals surface area contributed by atoms with Crippen molar-refractivity contribution in [1.29, 1.82) is 0 Å². The molecule has 2 N–H and O–H groups in total. The number of hydrogen-bond donors (Lipinski definition) is 2. The van der Waals surface area contributed by atoms with Gasteiger partial charge in [-0.25, -0.2) is 14.8 Å². The van der Waals surface area contributed by atoms with Gasteiger partial charge in [0.2, 0.25) is 5.91 Å². The maximum Gasteiger partial charge on any atom is 0.321 e. The highest BCUT2D eigenvalue weighted by Gasteiger charge is 2.25. The van der Waals surface area contributed by atoms with Crippen molar-refractivity contribution in [2.24, 2.45) is 0 Å². The van der Waals surface area contributed by atoms with Gasteiger partial charge in [-0.3, -0.25) is 10.1 Å². The van der Waals surface area contributed by atoms with Crippen LogP contribution in [-0.4, -0.2) is 45.1 Å². The highest BCUT2D eigenvalue weighted by Crippen LogP contribution is 2.31. The monoisotopic (exact) mass is 447 g/mol. The van der Waals surface area contributed by atoms with Gasteiger partial charge in [0, 0.05) is 23.9 Å². The zero-order valence-electron chi connectivity index (χ0n) is 16.1. The Morgan fingerprint density at radius 1 is 1.24 bits per heavy atom. The van der Waals surface area contributed by atoms with Crippen molar-refractivity contribution in [1.82, 2.24) is 20.2 Å². The molecule has 1 aliphatic heterocycles. The number of thioether (sulfide) groups is 1. The van der Waals surface area contributed by atoms with Gasteiger partial charge in [-0.05, 0) is 26.0 Å². The van der Waals surface area contributed by atoms with Gasteiger partial charge in [0.05, 0.1) is 28.2 Å². The van der Waals surface area contributed by atoms with E-state index < -0.39 is 0 Å². The van der Waals surface area contributed by atoms with Crippen LogP contribution in [0.4, 0.5) is 9.93 Å². The highest BCUT2D eigenvalue weighted by atomic mass is 32.2. The first kappa shape index (κ1) is 20.1. The number of anilines is 1. The number of fused-ring (bicyclic) bond motifs is 2. The van der Waals surface area contributed by atoms with Gasteiger partial charge in [0.25, 0.3) is 0 Å². The average Bonchev–Trinajstić information content (AvgIpc) is 3.27. The fourth-order valence-electron chi connectivity index (χ4n) is 2.98. The Kier molecular flexibility index (Phi) is 6.02. The lowest BCUT2D eigenvalue weighted by Crippen LogP contribution is -2.36. The van der Waals surface area contributed by atoms with Gasteiger partial charge in [-0.2, -0.15) is 0 Å². The smallest absolute Gasteiger partial charge is 0.321 e. The third-order valence-corrected chi connectivity index (χ3v) is 7.48. The normalized spacial score (nSPS) is 13.6. The number of hydrogen-bond acceptors (Lipinski definition) is 7. The minimum Gasteiger partial charge on any atom is -0.336 e. The number of nitrogens with one attached hydrogen (secondary N) is 2. The summed E-state index contributed by atoms with van der Waals surface area (Å²) < 4.78 is 2.05. The first-order valence-electron chi connectivity index (χ1n) is 9.30. The van der Waals surface area contributed by atoms with Crippen LogP contribution >= 0.6 is 34.4 Å². The van der Waals surface area contributed by atoms with Crippen molar-refractivity contribution < 1.29 is 9.59 Å². The first-order chi connectivity index (χ1) is 14.0. The number of amides is 3. The molecular weight excluding hydrogens is 426 g/mol. The molecule has 4 rings (SSSR count). The topological polar surface area (TPSA) is 87.2 Å². The molecule has 7 nitrogen and oxygen atoms in total. The van der Waals surface area contributed by atoms with Gasteiger partial charge in [0.15, 0.2) is 9.47 Å². The van der Waals surface area contributed by atoms with Gasteiger partial charge >= 0.3 is 6.03 Å². The van der Waals surface area contributed by atoms with Crippen LogP contribution < -0.4 is 10.6 Å². The number of carbonyl (C=O) groups excluding carboxylic acids is 2. The minimum atomic E-state index is -0.258. The van der Waals surface area contributed by atoms with E-state index in [2.05, 4.69) is 20.6 Å². The molecule has 2 aromatic heterocycles. The van der Waals surface area contributed by atoms with E-state index >= 15 is 0 Å². The summed E-state index contributed by atoms with van der Waals surface area (Å²) in [6.45, 7) is 5.00. The third kappa shape index (κ3) is 4.88. The van der Waals surface area contributed by atoms with Crippen molar-refractivity contribution in [2.45, 2.75) is 37.2 Å². The molecule has 0 atom stereocenters. The third-order valence-electron chi connectivity index (χ3n) is 4.32. The summed E-state index contributed by atoms with van der Waals surface area (Å²) in [6, 6.07) is 7.80. The van der Waals surface area contributed by atoms with Crippen molar-refractivity contribution in [3.63, 3.8) is 0 Å². The number of thiazole rings is 2. The van der Waals surface area contributed by atoms with Crippen LogP contribution in [0.3, 0.4) is 0 Å². The Hall–Kier alpha value is -2.17. The lowest BCUT2D eigenvalue weighted by atomic mass is 10.2. The fraction of sp³-hybridized carbons (Fsp3) is 0.368. The fourth-order valence-corrected chi connectivity index (χ4v) is 5.97. The molecule has 29 heavy (non-hydrogen) atoms. The maximum absolute atomic E-state index is 12.7.